The molecule has 0 radical (unpaired) electrons. The molecule has 0 aliphatic heterocycles. The number of sulfonamides is 1. The maximum atomic E-state index is 12.5. The second-order valence-electron chi connectivity index (χ2n) is 5.51. The minimum atomic E-state index is -3.69. The van der Waals surface area contributed by atoms with Gasteiger partial charge in [0.25, 0.3) is 0 Å². The van der Waals surface area contributed by atoms with E-state index in [-0.39, 0.29) is 18.0 Å². The lowest BCUT2D eigenvalue weighted by Crippen LogP contribution is -2.28. The molecule has 0 heterocycles. The molecule has 0 aromatic heterocycles. The fourth-order valence-electron chi connectivity index (χ4n) is 2.25. The Morgan fingerprint density at radius 2 is 1.64 bits per heavy atom. The summed E-state index contributed by atoms with van der Waals surface area (Å²) in [7, 11) is -0.662. The summed E-state index contributed by atoms with van der Waals surface area (Å²) < 4.78 is 43.4. The SMILES string of the molecule is COc1cccc(OCCNS(=O)(=O)c2cc(C)c(C)cc2OC)c1. The second kappa shape index (κ2) is 8.22. The summed E-state index contributed by atoms with van der Waals surface area (Å²) in [4.78, 5) is 0.125. The van der Waals surface area contributed by atoms with E-state index in [1.54, 1.807) is 37.4 Å². The standard InChI is InChI=1S/C18H23NO5S/c1-13-10-17(23-4)18(11-14(13)2)25(20,21)19-8-9-24-16-7-5-6-15(12-16)22-3/h5-7,10-12,19H,8-9H2,1-4H3. The summed E-state index contributed by atoms with van der Waals surface area (Å²) in [5.74, 6) is 1.62. The van der Waals surface area contributed by atoms with E-state index in [4.69, 9.17) is 14.2 Å². The number of methoxy groups -OCH3 is 2. The third-order valence-electron chi connectivity index (χ3n) is 3.77. The van der Waals surface area contributed by atoms with Gasteiger partial charge in [0.2, 0.25) is 10.0 Å². The Labute approximate surface area is 148 Å². The molecule has 0 saturated heterocycles. The molecule has 0 atom stereocenters. The molecule has 1 N–H and O–H groups in total. The molecule has 0 spiro atoms. The lowest BCUT2D eigenvalue weighted by molar-refractivity contribution is 0.319. The number of hydrogen-bond donors (Lipinski definition) is 1. The largest absolute Gasteiger partial charge is 0.497 e. The van der Waals surface area contributed by atoms with Gasteiger partial charge in [-0.2, -0.15) is 0 Å². The third-order valence-corrected chi connectivity index (χ3v) is 5.26. The highest BCUT2D eigenvalue weighted by molar-refractivity contribution is 7.89. The van der Waals surface area contributed by atoms with Crippen molar-refractivity contribution >= 4 is 10.0 Å². The zero-order valence-corrected chi connectivity index (χ0v) is 15.6. The Bertz CT molecular complexity index is 833. The molecule has 0 unspecified atom stereocenters. The normalized spacial score (nSPS) is 11.2. The van der Waals surface area contributed by atoms with Crippen LogP contribution in [-0.2, 0) is 10.0 Å². The van der Waals surface area contributed by atoms with E-state index in [1.807, 2.05) is 19.9 Å². The van der Waals surface area contributed by atoms with Crippen LogP contribution in [0.2, 0.25) is 0 Å². The van der Waals surface area contributed by atoms with Crippen molar-refractivity contribution in [3.05, 3.63) is 47.5 Å². The van der Waals surface area contributed by atoms with Crippen LogP contribution in [-0.4, -0.2) is 35.8 Å². The van der Waals surface area contributed by atoms with Gasteiger partial charge in [-0.1, -0.05) is 6.07 Å². The first-order valence-electron chi connectivity index (χ1n) is 7.79. The number of aryl methyl sites for hydroxylation is 2. The molecular formula is C18H23NO5S. The lowest BCUT2D eigenvalue weighted by atomic mass is 10.1. The Morgan fingerprint density at radius 3 is 2.32 bits per heavy atom. The van der Waals surface area contributed by atoms with Crippen molar-refractivity contribution in [1.82, 2.24) is 4.72 Å². The van der Waals surface area contributed by atoms with E-state index < -0.39 is 10.0 Å². The van der Waals surface area contributed by atoms with Gasteiger partial charge < -0.3 is 14.2 Å². The van der Waals surface area contributed by atoms with Crippen molar-refractivity contribution in [2.24, 2.45) is 0 Å². The van der Waals surface area contributed by atoms with Crippen LogP contribution in [0.4, 0.5) is 0 Å². The molecule has 7 heteroatoms. The van der Waals surface area contributed by atoms with Crippen molar-refractivity contribution in [3.63, 3.8) is 0 Å². The second-order valence-corrected chi connectivity index (χ2v) is 7.25. The Balaban J connectivity index is 2.01. The minimum Gasteiger partial charge on any atom is -0.497 e. The number of ether oxygens (including phenoxy) is 3. The predicted molar refractivity (Wildman–Crippen MR) is 96.1 cm³/mol. The topological polar surface area (TPSA) is 73.9 Å². The quantitative estimate of drug-likeness (QED) is 0.728. The fraction of sp³-hybridized carbons (Fsp3) is 0.333. The summed E-state index contributed by atoms with van der Waals surface area (Å²) in [6.07, 6.45) is 0. The highest BCUT2D eigenvalue weighted by atomic mass is 32.2. The van der Waals surface area contributed by atoms with Gasteiger partial charge in [-0.15, -0.1) is 0 Å². The van der Waals surface area contributed by atoms with E-state index in [0.717, 1.165) is 11.1 Å². The molecule has 0 fully saturated rings. The summed E-state index contributed by atoms with van der Waals surface area (Å²) in [5, 5.41) is 0. The molecule has 0 saturated carbocycles. The molecule has 2 rings (SSSR count). The van der Waals surface area contributed by atoms with Gasteiger partial charge in [0.1, 0.15) is 28.8 Å². The average Bonchev–Trinajstić information content (AvgIpc) is 2.60. The van der Waals surface area contributed by atoms with Crippen LogP contribution in [0.5, 0.6) is 17.2 Å². The van der Waals surface area contributed by atoms with Crippen LogP contribution in [0.1, 0.15) is 11.1 Å². The van der Waals surface area contributed by atoms with Gasteiger partial charge in [-0.3, -0.25) is 0 Å². The Hall–Kier alpha value is -2.25. The van der Waals surface area contributed by atoms with Crippen LogP contribution >= 0.6 is 0 Å². The number of hydrogen-bond acceptors (Lipinski definition) is 5. The van der Waals surface area contributed by atoms with Crippen LogP contribution in [0.15, 0.2) is 41.3 Å². The van der Waals surface area contributed by atoms with Gasteiger partial charge in [-0.05, 0) is 49.2 Å². The Morgan fingerprint density at radius 1 is 0.960 bits per heavy atom. The van der Waals surface area contributed by atoms with Crippen LogP contribution in [0.3, 0.4) is 0 Å². The van der Waals surface area contributed by atoms with Crippen molar-refractivity contribution in [3.8, 4) is 17.2 Å². The van der Waals surface area contributed by atoms with Gasteiger partial charge in [-0.25, -0.2) is 13.1 Å². The van der Waals surface area contributed by atoms with Crippen molar-refractivity contribution in [2.45, 2.75) is 18.7 Å². The van der Waals surface area contributed by atoms with Gasteiger partial charge in [0.05, 0.1) is 14.2 Å². The number of nitrogens with one attached hydrogen (secondary N) is 1. The van der Waals surface area contributed by atoms with Crippen LogP contribution < -0.4 is 18.9 Å². The highest BCUT2D eigenvalue weighted by Crippen LogP contribution is 2.27. The Kier molecular flexibility index (Phi) is 6.27. The third kappa shape index (κ3) is 4.87. The summed E-state index contributed by atoms with van der Waals surface area (Å²) in [6.45, 7) is 4.10. The molecule has 0 aliphatic carbocycles. The molecule has 25 heavy (non-hydrogen) atoms. The molecule has 2 aromatic rings. The summed E-state index contributed by atoms with van der Waals surface area (Å²) in [6, 6.07) is 10.5. The monoisotopic (exact) mass is 365 g/mol. The maximum Gasteiger partial charge on any atom is 0.244 e. The zero-order chi connectivity index (χ0) is 18.4. The number of benzene rings is 2. The molecule has 0 amide bonds. The van der Waals surface area contributed by atoms with Crippen molar-refractivity contribution < 1.29 is 22.6 Å². The molecule has 6 nitrogen and oxygen atoms in total. The maximum absolute atomic E-state index is 12.5. The van der Waals surface area contributed by atoms with E-state index >= 15 is 0 Å². The zero-order valence-electron chi connectivity index (χ0n) is 14.8. The van der Waals surface area contributed by atoms with Crippen LogP contribution in [0.25, 0.3) is 0 Å². The first kappa shape index (κ1) is 19.1. The molecule has 136 valence electrons. The van der Waals surface area contributed by atoms with Crippen LogP contribution in [0, 0.1) is 13.8 Å². The first-order chi connectivity index (χ1) is 11.9. The molecule has 0 bridgehead atoms. The molecule has 0 aliphatic rings. The van der Waals surface area contributed by atoms with Gasteiger partial charge >= 0.3 is 0 Å². The molecular weight excluding hydrogens is 342 g/mol. The van der Waals surface area contributed by atoms with E-state index in [1.165, 1.54) is 7.11 Å². The molecule has 2 aromatic carbocycles. The van der Waals surface area contributed by atoms with E-state index in [2.05, 4.69) is 4.72 Å². The van der Waals surface area contributed by atoms with Gasteiger partial charge in [0, 0.05) is 12.6 Å². The summed E-state index contributed by atoms with van der Waals surface area (Å²) >= 11 is 0. The number of rotatable bonds is 8. The van der Waals surface area contributed by atoms with Crippen molar-refractivity contribution in [2.75, 3.05) is 27.4 Å². The minimum absolute atomic E-state index is 0.125. The van der Waals surface area contributed by atoms with E-state index in [9.17, 15) is 8.42 Å². The lowest BCUT2D eigenvalue weighted by Gasteiger charge is -2.13. The smallest absolute Gasteiger partial charge is 0.244 e. The summed E-state index contributed by atoms with van der Waals surface area (Å²) in [5.41, 5.74) is 1.85. The van der Waals surface area contributed by atoms with Crippen molar-refractivity contribution in [1.29, 1.82) is 0 Å². The average molecular weight is 365 g/mol. The fourth-order valence-corrected chi connectivity index (χ4v) is 3.49. The predicted octanol–water partition coefficient (Wildman–Crippen LogP) is 2.68. The van der Waals surface area contributed by atoms with Gasteiger partial charge in [0.15, 0.2) is 0 Å². The first-order valence-corrected chi connectivity index (χ1v) is 9.27. The highest BCUT2D eigenvalue weighted by Gasteiger charge is 2.20. The van der Waals surface area contributed by atoms with E-state index in [0.29, 0.717) is 17.2 Å².